The summed E-state index contributed by atoms with van der Waals surface area (Å²) in [5.41, 5.74) is 3.15. The SMILES string of the molecule is COc1ccc(Br)cc1-c1nc(Cn2ccn3nc(-c4ccc5c(c4)OCO5)cc3c2=O)c(C)o1. The van der Waals surface area contributed by atoms with Crippen molar-refractivity contribution in [3.63, 3.8) is 0 Å². The molecule has 0 amide bonds. The smallest absolute Gasteiger partial charge is 0.276 e. The van der Waals surface area contributed by atoms with Crippen LogP contribution in [0.1, 0.15) is 11.5 Å². The Kier molecular flexibility index (Phi) is 5.10. The van der Waals surface area contributed by atoms with Crippen LogP contribution >= 0.6 is 15.9 Å². The molecule has 0 radical (unpaired) electrons. The van der Waals surface area contributed by atoms with Crippen LogP contribution in [0.3, 0.4) is 0 Å². The molecular weight excluding hydrogens is 516 g/mol. The first-order chi connectivity index (χ1) is 17.0. The number of aromatic nitrogens is 4. The van der Waals surface area contributed by atoms with E-state index in [4.69, 9.17) is 18.6 Å². The molecule has 0 bridgehead atoms. The molecule has 0 unspecified atom stereocenters. The third-order valence-corrected chi connectivity index (χ3v) is 6.37. The second-order valence-electron chi connectivity index (χ2n) is 8.03. The third-order valence-electron chi connectivity index (χ3n) is 5.88. The van der Waals surface area contributed by atoms with Crippen molar-refractivity contribution < 1.29 is 18.6 Å². The topological polar surface area (TPSA) is 93.0 Å². The van der Waals surface area contributed by atoms with Gasteiger partial charge in [-0.25, -0.2) is 9.50 Å². The largest absolute Gasteiger partial charge is 0.496 e. The molecule has 10 heteroatoms. The lowest BCUT2D eigenvalue weighted by molar-refractivity contribution is 0.174. The fraction of sp³-hybridized carbons (Fsp3) is 0.160. The Morgan fingerprint density at radius 1 is 1.09 bits per heavy atom. The van der Waals surface area contributed by atoms with Crippen molar-refractivity contribution in [2.24, 2.45) is 0 Å². The molecule has 35 heavy (non-hydrogen) atoms. The van der Waals surface area contributed by atoms with E-state index >= 15 is 0 Å². The molecule has 3 aromatic heterocycles. The summed E-state index contributed by atoms with van der Waals surface area (Å²) in [5, 5.41) is 4.56. The number of halogens is 1. The summed E-state index contributed by atoms with van der Waals surface area (Å²) in [5.74, 6) is 3.07. The van der Waals surface area contributed by atoms with Crippen LogP contribution in [-0.2, 0) is 6.54 Å². The Morgan fingerprint density at radius 2 is 1.94 bits per heavy atom. The fourth-order valence-corrected chi connectivity index (χ4v) is 4.41. The maximum Gasteiger partial charge on any atom is 0.276 e. The Hall–Kier alpha value is -4.05. The number of methoxy groups -OCH3 is 1. The van der Waals surface area contributed by atoms with E-state index in [2.05, 4.69) is 26.0 Å². The summed E-state index contributed by atoms with van der Waals surface area (Å²) in [6.45, 7) is 2.29. The van der Waals surface area contributed by atoms with E-state index in [-0.39, 0.29) is 18.9 Å². The van der Waals surface area contributed by atoms with Gasteiger partial charge in [-0.15, -0.1) is 0 Å². The van der Waals surface area contributed by atoms with E-state index < -0.39 is 0 Å². The molecule has 2 aromatic carbocycles. The second kappa shape index (κ2) is 8.31. The van der Waals surface area contributed by atoms with E-state index in [1.54, 1.807) is 34.7 Å². The number of hydrogen-bond donors (Lipinski definition) is 0. The van der Waals surface area contributed by atoms with Crippen LogP contribution in [0, 0.1) is 6.92 Å². The van der Waals surface area contributed by atoms with Gasteiger partial charge in [0.1, 0.15) is 22.7 Å². The summed E-state index contributed by atoms with van der Waals surface area (Å²) in [6, 6.07) is 13.0. The number of nitrogens with zero attached hydrogens (tertiary/aromatic N) is 4. The van der Waals surface area contributed by atoms with Gasteiger partial charge in [0.25, 0.3) is 5.56 Å². The van der Waals surface area contributed by atoms with Gasteiger partial charge in [-0.1, -0.05) is 15.9 Å². The zero-order valence-electron chi connectivity index (χ0n) is 18.8. The summed E-state index contributed by atoms with van der Waals surface area (Å²) in [7, 11) is 1.60. The van der Waals surface area contributed by atoms with E-state index in [1.165, 1.54) is 0 Å². The molecule has 0 saturated carbocycles. The lowest BCUT2D eigenvalue weighted by Gasteiger charge is -2.05. The molecule has 0 fully saturated rings. The minimum absolute atomic E-state index is 0.184. The monoisotopic (exact) mass is 534 g/mol. The highest BCUT2D eigenvalue weighted by atomic mass is 79.9. The minimum Gasteiger partial charge on any atom is -0.496 e. The highest BCUT2D eigenvalue weighted by Gasteiger charge is 2.19. The lowest BCUT2D eigenvalue weighted by Crippen LogP contribution is -2.22. The van der Waals surface area contributed by atoms with Crippen LogP contribution in [0.4, 0.5) is 0 Å². The summed E-state index contributed by atoms with van der Waals surface area (Å²) < 4.78 is 26.3. The number of oxazole rings is 1. The van der Waals surface area contributed by atoms with Crippen LogP contribution in [0.15, 0.2) is 68.5 Å². The molecule has 0 saturated heterocycles. The zero-order chi connectivity index (χ0) is 24.1. The van der Waals surface area contributed by atoms with Gasteiger partial charge >= 0.3 is 0 Å². The van der Waals surface area contributed by atoms with Gasteiger partial charge in [-0.3, -0.25) is 4.79 Å². The number of fused-ring (bicyclic) bond motifs is 2. The normalized spacial score (nSPS) is 12.4. The third kappa shape index (κ3) is 3.75. The van der Waals surface area contributed by atoms with Crippen molar-refractivity contribution in [2.45, 2.75) is 13.5 Å². The van der Waals surface area contributed by atoms with Crippen molar-refractivity contribution in [3.8, 4) is 40.0 Å². The Bertz CT molecular complexity index is 1650. The molecule has 0 N–H and O–H groups in total. The standard InChI is InChI=1S/C25H19BrN4O5/c1-14-19(27-24(35-14)17-10-16(26)4-6-21(17)32-2)12-29-7-8-30-20(25(29)31)11-18(28-30)15-3-5-22-23(9-15)34-13-33-22/h3-11H,12-13H2,1-2H3. The number of hydrogen-bond acceptors (Lipinski definition) is 7. The van der Waals surface area contributed by atoms with E-state index in [1.807, 2.05) is 43.3 Å². The molecule has 1 aliphatic heterocycles. The summed E-state index contributed by atoms with van der Waals surface area (Å²) in [6.07, 6.45) is 3.44. The van der Waals surface area contributed by atoms with Crippen molar-refractivity contribution in [3.05, 3.63) is 81.1 Å². The van der Waals surface area contributed by atoms with Crippen molar-refractivity contribution in [2.75, 3.05) is 13.9 Å². The highest BCUT2D eigenvalue weighted by Crippen LogP contribution is 2.36. The van der Waals surface area contributed by atoms with Crippen LogP contribution < -0.4 is 19.8 Å². The van der Waals surface area contributed by atoms with Crippen LogP contribution in [0.25, 0.3) is 28.2 Å². The Balaban J connectivity index is 1.34. The predicted octanol–water partition coefficient (Wildman–Crippen LogP) is 4.67. The number of benzene rings is 2. The molecule has 6 rings (SSSR count). The summed E-state index contributed by atoms with van der Waals surface area (Å²) >= 11 is 3.48. The second-order valence-corrected chi connectivity index (χ2v) is 8.94. The molecule has 0 spiro atoms. The van der Waals surface area contributed by atoms with Crippen molar-refractivity contribution >= 4 is 21.4 Å². The lowest BCUT2D eigenvalue weighted by atomic mass is 10.1. The quantitative estimate of drug-likeness (QED) is 0.323. The average molecular weight is 535 g/mol. The predicted molar refractivity (Wildman–Crippen MR) is 131 cm³/mol. The minimum atomic E-state index is -0.184. The fourth-order valence-electron chi connectivity index (χ4n) is 4.05. The van der Waals surface area contributed by atoms with E-state index in [0.29, 0.717) is 45.8 Å². The molecule has 1 aliphatic rings. The number of aryl methyl sites for hydroxylation is 1. The Morgan fingerprint density at radius 3 is 2.80 bits per heavy atom. The van der Waals surface area contributed by atoms with Gasteiger partial charge in [-0.2, -0.15) is 5.10 Å². The van der Waals surface area contributed by atoms with Gasteiger partial charge in [0.2, 0.25) is 12.7 Å². The zero-order valence-corrected chi connectivity index (χ0v) is 20.4. The van der Waals surface area contributed by atoms with Gasteiger partial charge in [-0.05, 0) is 49.4 Å². The van der Waals surface area contributed by atoms with Crippen LogP contribution in [0.5, 0.6) is 17.2 Å². The molecule has 0 atom stereocenters. The Labute approximate surface area is 207 Å². The summed E-state index contributed by atoms with van der Waals surface area (Å²) in [4.78, 5) is 17.9. The first-order valence-electron chi connectivity index (χ1n) is 10.8. The maximum absolute atomic E-state index is 13.3. The van der Waals surface area contributed by atoms with Gasteiger partial charge < -0.3 is 23.2 Å². The van der Waals surface area contributed by atoms with Crippen molar-refractivity contribution in [1.29, 1.82) is 0 Å². The number of ether oxygens (including phenoxy) is 3. The molecular formula is C25H19BrN4O5. The molecule has 4 heterocycles. The van der Waals surface area contributed by atoms with Gasteiger partial charge in [0.15, 0.2) is 11.5 Å². The van der Waals surface area contributed by atoms with E-state index in [9.17, 15) is 4.79 Å². The molecule has 0 aliphatic carbocycles. The average Bonchev–Trinajstić information content (AvgIpc) is 3.59. The van der Waals surface area contributed by atoms with Crippen molar-refractivity contribution in [1.82, 2.24) is 19.2 Å². The molecule has 9 nitrogen and oxygen atoms in total. The van der Waals surface area contributed by atoms with E-state index in [0.717, 1.165) is 15.6 Å². The number of rotatable bonds is 5. The van der Waals surface area contributed by atoms with Crippen LogP contribution in [0.2, 0.25) is 0 Å². The first-order valence-corrected chi connectivity index (χ1v) is 11.6. The first kappa shape index (κ1) is 21.5. The van der Waals surface area contributed by atoms with Crippen LogP contribution in [-0.4, -0.2) is 33.1 Å². The highest BCUT2D eigenvalue weighted by molar-refractivity contribution is 9.10. The van der Waals surface area contributed by atoms with Gasteiger partial charge in [0.05, 0.1) is 24.9 Å². The van der Waals surface area contributed by atoms with Gasteiger partial charge in [0, 0.05) is 22.4 Å². The molecule has 176 valence electrons. The maximum atomic E-state index is 13.3. The molecule has 5 aromatic rings.